The van der Waals surface area contributed by atoms with Crippen molar-refractivity contribution in [3.8, 4) is 0 Å². The first-order chi connectivity index (χ1) is 11.4. The Balaban J connectivity index is 0.000000433. The molecule has 0 fully saturated rings. The molecule has 0 aromatic heterocycles. The first kappa shape index (κ1) is 16.8. The van der Waals surface area contributed by atoms with E-state index in [0.29, 0.717) is 0 Å². The molecule has 0 atom stereocenters. The summed E-state index contributed by atoms with van der Waals surface area (Å²) >= 11 is 0. The van der Waals surface area contributed by atoms with E-state index in [4.69, 9.17) is 0 Å². The van der Waals surface area contributed by atoms with Crippen LogP contribution in [0.1, 0.15) is 26.7 Å². The molecular weight excluding hydrogens is 278 g/mol. The first-order valence-corrected chi connectivity index (χ1v) is 8.32. The highest BCUT2D eigenvalue weighted by Crippen LogP contribution is 2.33. The standard InChI is InChI=1S/C18H15N.C4H10/c1-4-10-16(11-5-1)19(17-12-6-2-7-13-17)18-14-8-3-9-15-18;1-3-4-2/h1-15H;3-4H2,1-2H3. The van der Waals surface area contributed by atoms with E-state index in [2.05, 4.69) is 91.5 Å². The van der Waals surface area contributed by atoms with Gasteiger partial charge in [-0.1, -0.05) is 81.3 Å². The minimum Gasteiger partial charge on any atom is -0.311 e. The summed E-state index contributed by atoms with van der Waals surface area (Å²) in [6.45, 7) is 4.36. The minimum atomic E-state index is 1.17. The zero-order chi connectivity index (χ0) is 16.3. The van der Waals surface area contributed by atoms with Gasteiger partial charge < -0.3 is 4.90 Å². The van der Waals surface area contributed by atoms with Crippen molar-refractivity contribution in [2.45, 2.75) is 26.7 Å². The zero-order valence-electron chi connectivity index (χ0n) is 14.0. The molecule has 0 aliphatic carbocycles. The summed E-state index contributed by atoms with van der Waals surface area (Å²) < 4.78 is 0. The third-order valence-corrected chi connectivity index (χ3v) is 3.54. The second kappa shape index (κ2) is 9.47. The van der Waals surface area contributed by atoms with Gasteiger partial charge in [-0.3, -0.25) is 0 Å². The van der Waals surface area contributed by atoms with E-state index >= 15 is 0 Å². The van der Waals surface area contributed by atoms with Crippen molar-refractivity contribution in [1.29, 1.82) is 0 Å². The van der Waals surface area contributed by atoms with Crippen LogP contribution in [-0.2, 0) is 0 Å². The van der Waals surface area contributed by atoms with Gasteiger partial charge in [0.25, 0.3) is 0 Å². The highest BCUT2D eigenvalue weighted by Gasteiger charge is 2.10. The number of anilines is 3. The second-order valence-electron chi connectivity index (χ2n) is 5.34. The van der Waals surface area contributed by atoms with E-state index in [9.17, 15) is 0 Å². The van der Waals surface area contributed by atoms with Crippen molar-refractivity contribution < 1.29 is 0 Å². The molecule has 1 nitrogen and oxygen atoms in total. The molecule has 0 unspecified atom stereocenters. The van der Waals surface area contributed by atoms with Crippen molar-refractivity contribution in [3.63, 3.8) is 0 Å². The van der Waals surface area contributed by atoms with Crippen molar-refractivity contribution in [3.05, 3.63) is 91.0 Å². The van der Waals surface area contributed by atoms with E-state index in [0.717, 1.165) is 0 Å². The van der Waals surface area contributed by atoms with Gasteiger partial charge >= 0.3 is 0 Å². The summed E-state index contributed by atoms with van der Waals surface area (Å²) in [6.07, 6.45) is 2.64. The van der Waals surface area contributed by atoms with Crippen LogP contribution in [0.2, 0.25) is 0 Å². The fourth-order valence-corrected chi connectivity index (χ4v) is 2.18. The van der Waals surface area contributed by atoms with Gasteiger partial charge in [0.05, 0.1) is 0 Å². The third-order valence-electron chi connectivity index (χ3n) is 3.54. The van der Waals surface area contributed by atoms with Crippen LogP contribution in [-0.4, -0.2) is 0 Å². The largest absolute Gasteiger partial charge is 0.311 e. The molecular formula is C22H25N. The van der Waals surface area contributed by atoms with Gasteiger partial charge in [0, 0.05) is 17.1 Å². The van der Waals surface area contributed by atoms with E-state index in [1.165, 1.54) is 29.9 Å². The van der Waals surface area contributed by atoms with E-state index in [1.807, 2.05) is 18.2 Å². The smallest absolute Gasteiger partial charge is 0.0461 e. The molecule has 0 aliphatic rings. The van der Waals surface area contributed by atoms with Gasteiger partial charge in [-0.2, -0.15) is 0 Å². The van der Waals surface area contributed by atoms with E-state index in [1.54, 1.807) is 0 Å². The molecule has 0 spiro atoms. The summed E-state index contributed by atoms with van der Waals surface area (Å²) in [4.78, 5) is 2.25. The SMILES string of the molecule is CCCC.c1ccc(N(c2ccccc2)c2ccccc2)cc1. The van der Waals surface area contributed by atoms with Crippen molar-refractivity contribution >= 4 is 17.1 Å². The Bertz CT molecular complexity index is 551. The summed E-state index contributed by atoms with van der Waals surface area (Å²) in [5, 5.41) is 0. The van der Waals surface area contributed by atoms with Gasteiger partial charge in [-0.05, 0) is 36.4 Å². The second-order valence-corrected chi connectivity index (χ2v) is 5.34. The van der Waals surface area contributed by atoms with Crippen molar-refractivity contribution in [2.75, 3.05) is 4.90 Å². The average Bonchev–Trinajstić information content (AvgIpc) is 2.65. The van der Waals surface area contributed by atoms with Gasteiger partial charge in [0.15, 0.2) is 0 Å². The number of para-hydroxylation sites is 3. The third kappa shape index (κ3) is 5.00. The van der Waals surface area contributed by atoms with Crippen LogP contribution in [0, 0.1) is 0 Å². The van der Waals surface area contributed by atoms with Gasteiger partial charge in [0.2, 0.25) is 0 Å². The molecule has 0 saturated carbocycles. The maximum Gasteiger partial charge on any atom is 0.0461 e. The molecule has 118 valence electrons. The van der Waals surface area contributed by atoms with E-state index < -0.39 is 0 Å². The normalized spacial score (nSPS) is 9.65. The van der Waals surface area contributed by atoms with Crippen LogP contribution >= 0.6 is 0 Å². The topological polar surface area (TPSA) is 3.24 Å². The number of nitrogens with zero attached hydrogens (tertiary/aromatic N) is 1. The summed E-state index contributed by atoms with van der Waals surface area (Å²) in [6, 6.07) is 31.3. The predicted molar refractivity (Wildman–Crippen MR) is 102 cm³/mol. The molecule has 0 amide bonds. The predicted octanol–water partition coefficient (Wildman–Crippen LogP) is 6.96. The molecule has 3 aromatic carbocycles. The number of unbranched alkanes of at least 4 members (excludes halogenated alkanes) is 1. The van der Waals surface area contributed by atoms with Crippen LogP contribution < -0.4 is 4.90 Å². The Morgan fingerprint density at radius 3 is 0.957 bits per heavy atom. The average molecular weight is 303 g/mol. The number of benzene rings is 3. The Kier molecular flexibility index (Phi) is 6.93. The summed E-state index contributed by atoms with van der Waals surface area (Å²) in [7, 11) is 0. The molecule has 0 bridgehead atoms. The molecule has 0 aliphatic heterocycles. The first-order valence-electron chi connectivity index (χ1n) is 8.32. The van der Waals surface area contributed by atoms with Gasteiger partial charge in [-0.15, -0.1) is 0 Å². The van der Waals surface area contributed by atoms with Crippen LogP contribution in [0.15, 0.2) is 91.0 Å². The molecule has 1 heteroatoms. The quantitative estimate of drug-likeness (QED) is 0.503. The van der Waals surface area contributed by atoms with Crippen LogP contribution in [0.25, 0.3) is 0 Å². The van der Waals surface area contributed by atoms with Crippen molar-refractivity contribution in [1.82, 2.24) is 0 Å². The van der Waals surface area contributed by atoms with Crippen LogP contribution in [0.5, 0.6) is 0 Å². The Labute approximate surface area is 140 Å². The molecule has 0 heterocycles. The number of hydrogen-bond acceptors (Lipinski definition) is 1. The maximum absolute atomic E-state index is 2.25. The maximum atomic E-state index is 2.25. The van der Waals surface area contributed by atoms with Crippen LogP contribution in [0.4, 0.5) is 17.1 Å². The fraction of sp³-hybridized carbons (Fsp3) is 0.182. The molecule has 3 rings (SSSR count). The Morgan fingerprint density at radius 1 is 0.478 bits per heavy atom. The van der Waals surface area contributed by atoms with Crippen LogP contribution in [0.3, 0.4) is 0 Å². The van der Waals surface area contributed by atoms with Gasteiger partial charge in [0.1, 0.15) is 0 Å². The zero-order valence-corrected chi connectivity index (χ0v) is 14.0. The highest BCUT2D eigenvalue weighted by atomic mass is 15.1. The molecule has 0 saturated heterocycles. The Morgan fingerprint density at radius 2 is 0.739 bits per heavy atom. The highest BCUT2D eigenvalue weighted by molar-refractivity contribution is 5.76. The van der Waals surface area contributed by atoms with E-state index in [-0.39, 0.29) is 0 Å². The number of hydrogen-bond donors (Lipinski definition) is 0. The lowest BCUT2D eigenvalue weighted by Crippen LogP contribution is -2.09. The Hall–Kier alpha value is -2.54. The van der Waals surface area contributed by atoms with Gasteiger partial charge in [-0.25, -0.2) is 0 Å². The lowest BCUT2D eigenvalue weighted by molar-refractivity contribution is 0.886. The molecule has 23 heavy (non-hydrogen) atoms. The summed E-state index contributed by atoms with van der Waals surface area (Å²) in [5.74, 6) is 0. The lowest BCUT2D eigenvalue weighted by atomic mass is 10.2. The molecule has 0 N–H and O–H groups in total. The number of rotatable bonds is 4. The molecule has 0 radical (unpaired) electrons. The monoisotopic (exact) mass is 303 g/mol. The molecule has 3 aromatic rings. The minimum absolute atomic E-state index is 1.17. The lowest BCUT2D eigenvalue weighted by Gasteiger charge is -2.25. The fourth-order valence-electron chi connectivity index (χ4n) is 2.18. The van der Waals surface area contributed by atoms with Crippen molar-refractivity contribution in [2.24, 2.45) is 0 Å². The summed E-state index contributed by atoms with van der Waals surface area (Å²) in [5.41, 5.74) is 3.50.